The zero-order chi connectivity index (χ0) is 17.4. The lowest BCUT2D eigenvalue weighted by molar-refractivity contribution is 0.289. The van der Waals surface area contributed by atoms with Gasteiger partial charge in [-0.3, -0.25) is 4.98 Å². The standard InChI is InChI=1S/C18H22BN3O2/c1-11-4-16-17(5-12(11)2)21-8-14(7-20)18(16)22-9-15(10-22)13(3)6-19(23)24/h4-5,8,13,15,23-24H,6,9-10H2,1-3H3. The molecule has 0 radical (unpaired) electrons. The van der Waals surface area contributed by atoms with Crippen LogP contribution in [0.15, 0.2) is 18.3 Å². The first-order chi connectivity index (χ1) is 11.4. The summed E-state index contributed by atoms with van der Waals surface area (Å²) >= 11 is 0. The summed E-state index contributed by atoms with van der Waals surface area (Å²) in [6.07, 6.45) is 2.04. The molecule has 1 unspecified atom stereocenters. The van der Waals surface area contributed by atoms with Gasteiger partial charge in [0.1, 0.15) is 6.07 Å². The lowest BCUT2D eigenvalue weighted by atomic mass is 9.72. The first-order valence-electron chi connectivity index (χ1n) is 8.31. The summed E-state index contributed by atoms with van der Waals surface area (Å²) in [6, 6.07) is 6.44. The zero-order valence-electron chi connectivity index (χ0n) is 14.3. The Labute approximate surface area is 142 Å². The Morgan fingerprint density at radius 3 is 2.62 bits per heavy atom. The molecule has 2 heterocycles. The van der Waals surface area contributed by atoms with E-state index in [2.05, 4.69) is 41.9 Å². The van der Waals surface area contributed by atoms with Crippen molar-refractivity contribution in [2.24, 2.45) is 11.8 Å². The van der Waals surface area contributed by atoms with Crippen molar-refractivity contribution in [2.75, 3.05) is 18.0 Å². The van der Waals surface area contributed by atoms with Crippen LogP contribution in [0.4, 0.5) is 5.69 Å². The second-order valence-electron chi connectivity index (χ2n) is 6.94. The van der Waals surface area contributed by atoms with Crippen molar-refractivity contribution in [1.29, 1.82) is 5.26 Å². The van der Waals surface area contributed by atoms with E-state index in [4.69, 9.17) is 10.0 Å². The Balaban J connectivity index is 1.92. The fraction of sp³-hybridized carbons (Fsp3) is 0.444. The van der Waals surface area contributed by atoms with E-state index < -0.39 is 7.12 Å². The molecule has 1 saturated heterocycles. The van der Waals surface area contributed by atoms with Crippen LogP contribution in [0, 0.1) is 37.0 Å². The Morgan fingerprint density at radius 1 is 1.33 bits per heavy atom. The van der Waals surface area contributed by atoms with Gasteiger partial charge in [0.2, 0.25) is 0 Å². The average Bonchev–Trinajstić information content (AvgIpc) is 2.46. The molecule has 2 aromatic rings. The second-order valence-corrected chi connectivity index (χ2v) is 6.94. The fourth-order valence-electron chi connectivity index (χ4n) is 3.44. The number of rotatable bonds is 4. The molecule has 1 aromatic carbocycles. The molecule has 1 aliphatic heterocycles. The topological polar surface area (TPSA) is 80.4 Å². The highest BCUT2D eigenvalue weighted by Crippen LogP contribution is 2.37. The van der Waals surface area contributed by atoms with Crippen molar-refractivity contribution in [3.63, 3.8) is 0 Å². The lowest BCUT2D eigenvalue weighted by Crippen LogP contribution is -2.50. The minimum atomic E-state index is -1.25. The molecule has 0 amide bonds. The molecule has 0 saturated carbocycles. The van der Waals surface area contributed by atoms with Crippen LogP contribution in [0.25, 0.3) is 10.9 Å². The van der Waals surface area contributed by atoms with Gasteiger partial charge in [0.15, 0.2) is 0 Å². The monoisotopic (exact) mass is 323 g/mol. The lowest BCUT2D eigenvalue weighted by Gasteiger charge is -2.44. The van der Waals surface area contributed by atoms with E-state index in [1.165, 1.54) is 11.1 Å². The van der Waals surface area contributed by atoms with Crippen molar-refractivity contribution >= 4 is 23.7 Å². The highest BCUT2D eigenvalue weighted by atomic mass is 16.4. The molecule has 1 aliphatic rings. The molecule has 2 N–H and O–H groups in total. The van der Waals surface area contributed by atoms with Crippen LogP contribution >= 0.6 is 0 Å². The van der Waals surface area contributed by atoms with E-state index in [1.807, 2.05) is 6.92 Å². The third-order valence-corrected chi connectivity index (χ3v) is 5.19. The van der Waals surface area contributed by atoms with Crippen LogP contribution in [0.2, 0.25) is 6.32 Å². The molecule has 3 rings (SSSR count). The molecule has 0 bridgehead atoms. The predicted molar refractivity (Wildman–Crippen MR) is 95.8 cm³/mol. The van der Waals surface area contributed by atoms with Gasteiger partial charge in [0, 0.05) is 24.7 Å². The second kappa shape index (κ2) is 6.42. The summed E-state index contributed by atoms with van der Waals surface area (Å²) in [5, 5.41) is 28.8. The molecular formula is C18H22BN3O2. The van der Waals surface area contributed by atoms with Gasteiger partial charge in [-0.2, -0.15) is 5.26 Å². The highest BCUT2D eigenvalue weighted by molar-refractivity contribution is 6.41. The Bertz CT molecular complexity index is 810. The Morgan fingerprint density at radius 2 is 2.00 bits per heavy atom. The van der Waals surface area contributed by atoms with Crippen LogP contribution in [-0.2, 0) is 0 Å². The number of aromatic nitrogens is 1. The summed E-state index contributed by atoms with van der Waals surface area (Å²) in [4.78, 5) is 6.64. The smallest absolute Gasteiger partial charge is 0.427 e. The van der Waals surface area contributed by atoms with E-state index in [-0.39, 0.29) is 5.92 Å². The van der Waals surface area contributed by atoms with Gasteiger partial charge in [-0.05, 0) is 55.3 Å². The predicted octanol–water partition coefficient (Wildman–Crippen LogP) is 2.27. The quantitative estimate of drug-likeness (QED) is 0.844. The van der Waals surface area contributed by atoms with Crippen LogP contribution in [0.1, 0.15) is 23.6 Å². The average molecular weight is 323 g/mol. The van der Waals surface area contributed by atoms with Crippen molar-refractivity contribution < 1.29 is 10.0 Å². The zero-order valence-corrected chi connectivity index (χ0v) is 14.3. The molecule has 1 atom stereocenters. The van der Waals surface area contributed by atoms with Gasteiger partial charge in [0.25, 0.3) is 0 Å². The summed E-state index contributed by atoms with van der Waals surface area (Å²) in [5.41, 5.74) is 4.85. The minimum Gasteiger partial charge on any atom is -0.427 e. The highest BCUT2D eigenvalue weighted by Gasteiger charge is 2.34. The van der Waals surface area contributed by atoms with Crippen LogP contribution in [0.3, 0.4) is 0 Å². The van der Waals surface area contributed by atoms with Gasteiger partial charge in [-0.25, -0.2) is 0 Å². The number of hydrogen-bond donors (Lipinski definition) is 2. The van der Waals surface area contributed by atoms with Crippen molar-refractivity contribution in [2.45, 2.75) is 27.1 Å². The molecule has 1 fully saturated rings. The third-order valence-electron chi connectivity index (χ3n) is 5.19. The number of aryl methyl sites for hydroxylation is 2. The molecule has 1 aromatic heterocycles. The normalized spacial score (nSPS) is 15.9. The van der Waals surface area contributed by atoms with Gasteiger partial charge >= 0.3 is 7.12 Å². The largest absolute Gasteiger partial charge is 0.451 e. The van der Waals surface area contributed by atoms with Crippen LogP contribution < -0.4 is 4.90 Å². The van der Waals surface area contributed by atoms with E-state index in [0.29, 0.717) is 17.8 Å². The van der Waals surface area contributed by atoms with Gasteiger partial charge in [-0.15, -0.1) is 0 Å². The minimum absolute atomic E-state index is 0.240. The summed E-state index contributed by atoms with van der Waals surface area (Å²) in [6.45, 7) is 7.84. The van der Waals surface area contributed by atoms with Crippen molar-refractivity contribution in [1.82, 2.24) is 4.98 Å². The number of benzene rings is 1. The van der Waals surface area contributed by atoms with Crippen LogP contribution in [0.5, 0.6) is 0 Å². The molecule has 0 aliphatic carbocycles. The first kappa shape index (κ1) is 16.8. The Hall–Kier alpha value is -2.10. The number of hydrogen-bond acceptors (Lipinski definition) is 5. The molecular weight excluding hydrogens is 301 g/mol. The van der Waals surface area contributed by atoms with E-state index in [0.717, 1.165) is 29.7 Å². The number of pyridine rings is 1. The summed E-state index contributed by atoms with van der Waals surface area (Å²) < 4.78 is 0. The van der Waals surface area contributed by atoms with Gasteiger partial charge in [-0.1, -0.05) is 6.92 Å². The molecule has 0 spiro atoms. The molecule has 124 valence electrons. The Kier molecular flexibility index (Phi) is 4.48. The van der Waals surface area contributed by atoms with E-state index >= 15 is 0 Å². The van der Waals surface area contributed by atoms with E-state index in [9.17, 15) is 5.26 Å². The van der Waals surface area contributed by atoms with Crippen molar-refractivity contribution in [3.05, 3.63) is 35.0 Å². The number of nitriles is 1. The number of anilines is 1. The SMILES string of the molecule is Cc1cc2ncc(C#N)c(N3CC(C(C)CB(O)O)C3)c2cc1C. The maximum absolute atomic E-state index is 9.48. The van der Waals surface area contributed by atoms with Crippen molar-refractivity contribution in [3.8, 4) is 6.07 Å². The molecule has 6 heteroatoms. The summed E-state index contributed by atoms with van der Waals surface area (Å²) in [7, 11) is -1.25. The molecule has 24 heavy (non-hydrogen) atoms. The molecule has 5 nitrogen and oxygen atoms in total. The maximum Gasteiger partial charge on any atom is 0.451 e. The van der Waals surface area contributed by atoms with Crippen LogP contribution in [-0.4, -0.2) is 35.2 Å². The van der Waals surface area contributed by atoms with Gasteiger partial charge < -0.3 is 14.9 Å². The maximum atomic E-state index is 9.48. The first-order valence-corrected chi connectivity index (χ1v) is 8.31. The summed E-state index contributed by atoms with van der Waals surface area (Å²) in [5.74, 6) is 0.650. The number of nitrogens with zero attached hydrogens (tertiary/aromatic N) is 3. The number of fused-ring (bicyclic) bond motifs is 1. The third kappa shape index (κ3) is 2.97. The fourth-order valence-corrected chi connectivity index (χ4v) is 3.44. The van der Waals surface area contributed by atoms with E-state index in [1.54, 1.807) is 6.20 Å². The van der Waals surface area contributed by atoms with Gasteiger partial charge in [0.05, 0.1) is 16.8 Å².